The molecule has 1 aliphatic carbocycles. The molecule has 0 heterocycles. The van der Waals surface area contributed by atoms with Gasteiger partial charge in [0.2, 0.25) is 0 Å². The SMILES string of the molecule is CC(F)C1=CCCC1. The van der Waals surface area contributed by atoms with Crippen molar-refractivity contribution in [2.45, 2.75) is 32.4 Å². The van der Waals surface area contributed by atoms with E-state index in [0.29, 0.717) is 0 Å². The summed E-state index contributed by atoms with van der Waals surface area (Å²) in [6.07, 6.45) is 4.55. The van der Waals surface area contributed by atoms with Gasteiger partial charge in [-0.2, -0.15) is 0 Å². The van der Waals surface area contributed by atoms with Crippen LogP contribution in [0.1, 0.15) is 26.2 Å². The molecule has 0 saturated heterocycles. The third-order valence-electron chi connectivity index (χ3n) is 1.59. The zero-order valence-corrected chi connectivity index (χ0v) is 5.15. The normalized spacial score (nSPS) is 23.0. The average molecular weight is 114 g/mol. The number of hydrogen-bond donors (Lipinski definition) is 0. The molecule has 1 atom stereocenters. The molecule has 0 aliphatic heterocycles. The molecule has 0 bridgehead atoms. The average Bonchev–Trinajstić information content (AvgIpc) is 2.12. The third-order valence-corrected chi connectivity index (χ3v) is 1.59. The van der Waals surface area contributed by atoms with Gasteiger partial charge in [0.05, 0.1) is 0 Å². The fraction of sp³-hybridized carbons (Fsp3) is 0.714. The van der Waals surface area contributed by atoms with E-state index in [1.165, 1.54) is 0 Å². The Morgan fingerprint density at radius 3 is 2.75 bits per heavy atom. The molecule has 8 heavy (non-hydrogen) atoms. The van der Waals surface area contributed by atoms with Gasteiger partial charge >= 0.3 is 0 Å². The largest absolute Gasteiger partial charge is 0.243 e. The van der Waals surface area contributed by atoms with Gasteiger partial charge in [-0.15, -0.1) is 0 Å². The van der Waals surface area contributed by atoms with Gasteiger partial charge in [-0.05, 0) is 31.8 Å². The summed E-state index contributed by atoms with van der Waals surface area (Å²) in [4.78, 5) is 0. The molecule has 0 amide bonds. The van der Waals surface area contributed by atoms with Gasteiger partial charge in [0.25, 0.3) is 0 Å². The summed E-state index contributed by atoms with van der Waals surface area (Å²) < 4.78 is 12.3. The second kappa shape index (κ2) is 2.29. The molecule has 1 rings (SSSR count). The minimum atomic E-state index is -0.697. The first kappa shape index (κ1) is 5.80. The lowest BCUT2D eigenvalue weighted by Crippen LogP contribution is -1.93. The number of alkyl halides is 1. The van der Waals surface area contributed by atoms with Crippen LogP contribution in [0.5, 0.6) is 0 Å². The van der Waals surface area contributed by atoms with E-state index < -0.39 is 6.17 Å². The summed E-state index contributed by atoms with van der Waals surface area (Å²) in [5.41, 5.74) is 1.00. The molecule has 0 aromatic carbocycles. The van der Waals surface area contributed by atoms with Crippen LogP contribution in [0.4, 0.5) is 4.39 Å². The lowest BCUT2D eigenvalue weighted by atomic mass is 10.2. The lowest BCUT2D eigenvalue weighted by Gasteiger charge is -1.98. The van der Waals surface area contributed by atoms with Crippen molar-refractivity contribution in [3.63, 3.8) is 0 Å². The van der Waals surface area contributed by atoms with Crippen LogP contribution in [0, 0.1) is 0 Å². The summed E-state index contributed by atoms with van der Waals surface area (Å²) in [6.45, 7) is 1.61. The van der Waals surface area contributed by atoms with Crippen molar-refractivity contribution in [2.24, 2.45) is 0 Å². The Bertz CT molecular complexity index is 103. The number of rotatable bonds is 1. The zero-order chi connectivity index (χ0) is 5.98. The van der Waals surface area contributed by atoms with Gasteiger partial charge < -0.3 is 0 Å². The first-order chi connectivity index (χ1) is 3.80. The van der Waals surface area contributed by atoms with Crippen molar-refractivity contribution in [3.8, 4) is 0 Å². The van der Waals surface area contributed by atoms with Crippen molar-refractivity contribution in [1.82, 2.24) is 0 Å². The number of hydrogen-bond acceptors (Lipinski definition) is 0. The van der Waals surface area contributed by atoms with Crippen molar-refractivity contribution in [3.05, 3.63) is 11.6 Å². The first-order valence-electron chi connectivity index (χ1n) is 3.13. The molecular weight excluding hydrogens is 103 g/mol. The van der Waals surface area contributed by atoms with E-state index in [2.05, 4.69) is 0 Å². The zero-order valence-electron chi connectivity index (χ0n) is 5.15. The summed E-state index contributed by atoms with van der Waals surface area (Å²) in [6, 6.07) is 0. The van der Waals surface area contributed by atoms with E-state index in [0.717, 1.165) is 24.8 Å². The number of halogens is 1. The van der Waals surface area contributed by atoms with E-state index in [1.807, 2.05) is 6.08 Å². The van der Waals surface area contributed by atoms with E-state index in [1.54, 1.807) is 6.92 Å². The van der Waals surface area contributed by atoms with E-state index in [4.69, 9.17) is 0 Å². The van der Waals surface area contributed by atoms with Crippen molar-refractivity contribution < 1.29 is 4.39 Å². The standard InChI is InChI=1S/C7H11F/c1-6(8)7-4-2-3-5-7/h4,6H,2-3,5H2,1H3. The molecular formula is C7H11F. The molecule has 46 valence electrons. The van der Waals surface area contributed by atoms with Gasteiger partial charge in [0.1, 0.15) is 6.17 Å². The molecule has 0 N–H and O–H groups in total. The Hall–Kier alpha value is -0.330. The highest BCUT2D eigenvalue weighted by atomic mass is 19.1. The molecule has 1 unspecified atom stereocenters. The summed E-state index contributed by atoms with van der Waals surface area (Å²) in [7, 11) is 0. The van der Waals surface area contributed by atoms with E-state index in [9.17, 15) is 4.39 Å². The molecule has 0 fully saturated rings. The Morgan fingerprint density at radius 1 is 1.75 bits per heavy atom. The topological polar surface area (TPSA) is 0 Å². The molecule has 0 nitrogen and oxygen atoms in total. The highest BCUT2D eigenvalue weighted by Crippen LogP contribution is 2.21. The maximum absolute atomic E-state index is 12.3. The molecule has 0 saturated carbocycles. The predicted octanol–water partition coefficient (Wildman–Crippen LogP) is 2.45. The third kappa shape index (κ3) is 1.09. The Labute approximate surface area is 49.4 Å². The highest BCUT2D eigenvalue weighted by Gasteiger charge is 2.09. The van der Waals surface area contributed by atoms with Crippen LogP contribution in [0.2, 0.25) is 0 Å². The van der Waals surface area contributed by atoms with Crippen LogP contribution < -0.4 is 0 Å². The summed E-state index contributed by atoms with van der Waals surface area (Å²) in [5, 5.41) is 0. The second-order valence-corrected chi connectivity index (χ2v) is 2.29. The van der Waals surface area contributed by atoms with Gasteiger partial charge in [-0.3, -0.25) is 0 Å². The van der Waals surface area contributed by atoms with Crippen LogP contribution >= 0.6 is 0 Å². The molecule has 0 aromatic heterocycles. The quantitative estimate of drug-likeness (QED) is 0.459. The van der Waals surface area contributed by atoms with Crippen molar-refractivity contribution >= 4 is 0 Å². The number of allylic oxidation sites excluding steroid dienone is 2. The Balaban J connectivity index is 2.45. The van der Waals surface area contributed by atoms with Crippen LogP contribution in [0.25, 0.3) is 0 Å². The molecule has 1 aliphatic rings. The van der Waals surface area contributed by atoms with Crippen LogP contribution in [0.3, 0.4) is 0 Å². The minimum Gasteiger partial charge on any atom is -0.243 e. The minimum absolute atomic E-state index is 0.697. The van der Waals surface area contributed by atoms with Crippen LogP contribution in [0.15, 0.2) is 11.6 Å². The van der Waals surface area contributed by atoms with E-state index >= 15 is 0 Å². The van der Waals surface area contributed by atoms with Crippen molar-refractivity contribution in [1.29, 1.82) is 0 Å². The van der Waals surface area contributed by atoms with Gasteiger partial charge in [-0.25, -0.2) is 4.39 Å². The van der Waals surface area contributed by atoms with Crippen LogP contribution in [-0.2, 0) is 0 Å². The second-order valence-electron chi connectivity index (χ2n) is 2.29. The van der Waals surface area contributed by atoms with E-state index in [-0.39, 0.29) is 0 Å². The molecule has 0 aromatic rings. The smallest absolute Gasteiger partial charge is 0.118 e. The maximum Gasteiger partial charge on any atom is 0.118 e. The fourth-order valence-corrected chi connectivity index (χ4v) is 1.06. The van der Waals surface area contributed by atoms with Gasteiger partial charge in [0.15, 0.2) is 0 Å². The fourth-order valence-electron chi connectivity index (χ4n) is 1.06. The monoisotopic (exact) mass is 114 g/mol. The van der Waals surface area contributed by atoms with Gasteiger partial charge in [-0.1, -0.05) is 6.08 Å². The summed E-state index contributed by atoms with van der Waals surface area (Å²) >= 11 is 0. The molecule has 0 spiro atoms. The lowest BCUT2D eigenvalue weighted by molar-refractivity contribution is 0.405. The van der Waals surface area contributed by atoms with Crippen LogP contribution in [-0.4, -0.2) is 6.17 Å². The Kier molecular flexibility index (Phi) is 1.66. The molecule has 0 radical (unpaired) electrons. The van der Waals surface area contributed by atoms with Gasteiger partial charge in [0, 0.05) is 0 Å². The first-order valence-corrected chi connectivity index (χ1v) is 3.13. The Morgan fingerprint density at radius 2 is 2.50 bits per heavy atom. The van der Waals surface area contributed by atoms with Crippen molar-refractivity contribution in [2.75, 3.05) is 0 Å². The highest BCUT2D eigenvalue weighted by molar-refractivity contribution is 5.11. The predicted molar refractivity (Wildman–Crippen MR) is 32.5 cm³/mol. The summed E-state index contributed by atoms with van der Waals surface area (Å²) in [5.74, 6) is 0. The maximum atomic E-state index is 12.3. The molecule has 1 heteroatoms.